The van der Waals surface area contributed by atoms with E-state index < -0.39 is 0 Å². The molecule has 0 amide bonds. The summed E-state index contributed by atoms with van der Waals surface area (Å²) in [6, 6.07) is 4.88. The van der Waals surface area contributed by atoms with Crippen LogP contribution in [0.2, 0.25) is 0 Å². The summed E-state index contributed by atoms with van der Waals surface area (Å²) in [5, 5.41) is 5.84. The number of anilines is 1. The number of aliphatic imine (C=N–C) groups is 1. The van der Waals surface area contributed by atoms with Gasteiger partial charge in [-0.05, 0) is 34.7 Å². The lowest BCUT2D eigenvalue weighted by molar-refractivity contribution is 0.621. The highest BCUT2D eigenvalue weighted by Gasteiger charge is 2.05. The molecule has 14 heavy (non-hydrogen) atoms. The summed E-state index contributed by atoms with van der Waals surface area (Å²) in [7, 11) is 3.41. The van der Waals surface area contributed by atoms with Crippen molar-refractivity contribution in [2.45, 2.75) is 0 Å². The van der Waals surface area contributed by atoms with Gasteiger partial charge in [-0.1, -0.05) is 6.07 Å². The summed E-state index contributed by atoms with van der Waals surface area (Å²) in [6.45, 7) is 0. The first-order valence-electron chi connectivity index (χ1n) is 4.04. The van der Waals surface area contributed by atoms with Crippen molar-refractivity contribution in [3.05, 3.63) is 27.6 Å². The average molecular weight is 307 g/mol. The molecule has 0 heterocycles. The molecule has 0 bridgehead atoms. The van der Waals surface area contributed by atoms with Gasteiger partial charge in [0.05, 0.1) is 9.26 Å². The van der Waals surface area contributed by atoms with Crippen LogP contribution in [0.25, 0.3) is 0 Å². The van der Waals surface area contributed by atoms with E-state index in [0.29, 0.717) is 15.2 Å². The second-order valence-electron chi connectivity index (χ2n) is 2.55. The van der Waals surface area contributed by atoms with Gasteiger partial charge in [0.25, 0.3) is 0 Å². The largest absolute Gasteiger partial charge is 0.359 e. The number of halogens is 2. The van der Waals surface area contributed by atoms with Crippen LogP contribution in [0.1, 0.15) is 0 Å². The molecule has 0 spiro atoms. The molecule has 0 radical (unpaired) electrons. The highest BCUT2D eigenvalue weighted by Crippen LogP contribution is 2.20. The maximum Gasteiger partial charge on any atom is 0.195 e. The van der Waals surface area contributed by atoms with Gasteiger partial charge in [-0.15, -0.1) is 0 Å². The molecule has 0 aromatic heterocycles. The molecule has 0 aliphatic carbocycles. The zero-order valence-electron chi connectivity index (χ0n) is 7.94. The SMILES string of the molecule is CN=C(NC)Nc1cccc(F)c1I. The Bertz CT molecular complexity index is 352. The van der Waals surface area contributed by atoms with Crippen LogP contribution in [-0.4, -0.2) is 20.1 Å². The van der Waals surface area contributed by atoms with Crippen molar-refractivity contribution >= 4 is 34.2 Å². The van der Waals surface area contributed by atoms with Crippen LogP contribution < -0.4 is 10.6 Å². The first-order chi connectivity index (χ1) is 6.69. The van der Waals surface area contributed by atoms with E-state index in [9.17, 15) is 4.39 Å². The van der Waals surface area contributed by atoms with E-state index in [-0.39, 0.29) is 5.82 Å². The van der Waals surface area contributed by atoms with Gasteiger partial charge in [0, 0.05) is 14.1 Å². The Balaban J connectivity index is 2.92. The van der Waals surface area contributed by atoms with Crippen molar-refractivity contribution in [1.29, 1.82) is 0 Å². The first-order valence-corrected chi connectivity index (χ1v) is 5.12. The Morgan fingerprint density at radius 1 is 1.50 bits per heavy atom. The van der Waals surface area contributed by atoms with Crippen molar-refractivity contribution < 1.29 is 4.39 Å². The molecule has 0 aliphatic heterocycles. The van der Waals surface area contributed by atoms with Gasteiger partial charge in [-0.25, -0.2) is 4.39 Å². The summed E-state index contributed by atoms with van der Waals surface area (Å²) < 4.78 is 13.7. The van der Waals surface area contributed by atoms with E-state index in [1.54, 1.807) is 26.2 Å². The van der Waals surface area contributed by atoms with Gasteiger partial charge >= 0.3 is 0 Å². The molecule has 1 aromatic carbocycles. The fraction of sp³-hybridized carbons (Fsp3) is 0.222. The lowest BCUT2D eigenvalue weighted by atomic mass is 10.3. The highest BCUT2D eigenvalue weighted by molar-refractivity contribution is 14.1. The molecule has 5 heteroatoms. The first kappa shape index (κ1) is 11.2. The van der Waals surface area contributed by atoms with Crippen LogP contribution in [-0.2, 0) is 0 Å². The topological polar surface area (TPSA) is 36.4 Å². The number of guanidine groups is 1. The normalized spacial score (nSPS) is 11.3. The van der Waals surface area contributed by atoms with E-state index in [4.69, 9.17) is 0 Å². The molecule has 0 aliphatic rings. The van der Waals surface area contributed by atoms with Crippen molar-refractivity contribution in [2.24, 2.45) is 4.99 Å². The van der Waals surface area contributed by atoms with Gasteiger partial charge in [-0.3, -0.25) is 4.99 Å². The van der Waals surface area contributed by atoms with Crippen molar-refractivity contribution in [1.82, 2.24) is 5.32 Å². The number of nitrogens with one attached hydrogen (secondary N) is 2. The van der Waals surface area contributed by atoms with Crippen LogP contribution >= 0.6 is 22.6 Å². The van der Waals surface area contributed by atoms with Gasteiger partial charge in [0.15, 0.2) is 5.96 Å². The maximum absolute atomic E-state index is 13.1. The van der Waals surface area contributed by atoms with Gasteiger partial charge in [0.2, 0.25) is 0 Å². The van der Waals surface area contributed by atoms with Crippen LogP contribution in [0, 0.1) is 9.39 Å². The number of rotatable bonds is 1. The lowest BCUT2D eigenvalue weighted by Crippen LogP contribution is -2.27. The monoisotopic (exact) mass is 307 g/mol. The minimum absolute atomic E-state index is 0.234. The molecule has 0 saturated heterocycles. The highest BCUT2D eigenvalue weighted by atomic mass is 127. The predicted molar refractivity (Wildman–Crippen MR) is 65.2 cm³/mol. The summed E-state index contributed by atoms with van der Waals surface area (Å²) >= 11 is 1.95. The summed E-state index contributed by atoms with van der Waals surface area (Å²) in [4.78, 5) is 3.94. The summed E-state index contributed by atoms with van der Waals surface area (Å²) in [5.41, 5.74) is 0.709. The molecule has 0 atom stereocenters. The van der Waals surface area contributed by atoms with Gasteiger partial charge in [-0.2, -0.15) is 0 Å². The zero-order valence-corrected chi connectivity index (χ0v) is 10.1. The Morgan fingerprint density at radius 3 is 2.79 bits per heavy atom. The quantitative estimate of drug-likeness (QED) is 0.473. The Kier molecular flexibility index (Phi) is 4.12. The van der Waals surface area contributed by atoms with E-state index in [2.05, 4.69) is 15.6 Å². The molecule has 1 rings (SSSR count). The Labute approximate surface area is 95.9 Å². The van der Waals surface area contributed by atoms with Crippen LogP contribution in [0.15, 0.2) is 23.2 Å². The van der Waals surface area contributed by atoms with Crippen LogP contribution in [0.4, 0.5) is 10.1 Å². The Morgan fingerprint density at radius 2 is 2.21 bits per heavy atom. The second kappa shape index (κ2) is 5.14. The van der Waals surface area contributed by atoms with E-state index in [0.717, 1.165) is 0 Å². The van der Waals surface area contributed by atoms with Crippen molar-refractivity contribution in [3.63, 3.8) is 0 Å². The third-order valence-electron chi connectivity index (χ3n) is 1.67. The molecular formula is C9H11FIN3. The third-order valence-corrected chi connectivity index (χ3v) is 2.76. The smallest absolute Gasteiger partial charge is 0.195 e. The molecule has 2 N–H and O–H groups in total. The summed E-state index contributed by atoms with van der Waals surface area (Å²) in [6.07, 6.45) is 0. The van der Waals surface area contributed by atoms with E-state index in [1.807, 2.05) is 22.6 Å². The fourth-order valence-electron chi connectivity index (χ4n) is 0.958. The minimum Gasteiger partial charge on any atom is -0.359 e. The molecule has 1 aromatic rings. The van der Waals surface area contributed by atoms with E-state index in [1.165, 1.54) is 6.07 Å². The van der Waals surface area contributed by atoms with Crippen molar-refractivity contribution in [2.75, 3.05) is 19.4 Å². The number of benzene rings is 1. The number of hydrogen-bond acceptors (Lipinski definition) is 1. The maximum atomic E-state index is 13.1. The van der Waals surface area contributed by atoms with Gasteiger partial charge in [0.1, 0.15) is 5.82 Å². The molecule has 0 saturated carbocycles. The standard InChI is InChI=1S/C9H11FIN3/c1-12-9(13-2)14-7-5-3-4-6(10)8(7)11/h3-5H,1-2H3,(H2,12,13,14). The van der Waals surface area contributed by atoms with Gasteiger partial charge < -0.3 is 10.6 Å². The van der Waals surface area contributed by atoms with Crippen LogP contribution in [0.3, 0.4) is 0 Å². The summed E-state index contributed by atoms with van der Waals surface area (Å²) in [5.74, 6) is 0.371. The Hall–Kier alpha value is -0.850. The molecule has 76 valence electrons. The molecular weight excluding hydrogens is 296 g/mol. The number of nitrogens with zero attached hydrogens (tertiary/aromatic N) is 1. The molecule has 3 nitrogen and oxygen atoms in total. The van der Waals surface area contributed by atoms with E-state index >= 15 is 0 Å². The molecule has 0 fully saturated rings. The second-order valence-corrected chi connectivity index (χ2v) is 3.63. The number of hydrogen-bond donors (Lipinski definition) is 2. The van der Waals surface area contributed by atoms with Crippen molar-refractivity contribution in [3.8, 4) is 0 Å². The average Bonchev–Trinajstić information content (AvgIpc) is 2.20. The lowest BCUT2D eigenvalue weighted by Gasteiger charge is -2.10. The molecule has 0 unspecified atom stereocenters. The van der Waals surface area contributed by atoms with Crippen LogP contribution in [0.5, 0.6) is 0 Å². The third kappa shape index (κ3) is 2.57. The minimum atomic E-state index is -0.234. The predicted octanol–water partition coefficient (Wildman–Crippen LogP) is 2.05. The zero-order chi connectivity index (χ0) is 10.6. The fourth-order valence-corrected chi connectivity index (χ4v) is 1.45.